The second kappa shape index (κ2) is 10.6. The molecule has 0 spiro atoms. The van der Waals surface area contributed by atoms with Crippen LogP contribution in [0.4, 0.5) is 0 Å². The molecule has 6 nitrogen and oxygen atoms in total. The Morgan fingerprint density at radius 2 is 1.96 bits per heavy atom. The van der Waals surface area contributed by atoms with E-state index in [1.54, 1.807) is 0 Å². The number of aliphatic imine (C=N–C) groups is 1. The molecule has 2 N–H and O–H groups in total. The fraction of sp³-hybridized carbons (Fsp3) is 0.667. The van der Waals surface area contributed by atoms with E-state index in [1.165, 1.54) is 5.56 Å². The summed E-state index contributed by atoms with van der Waals surface area (Å²) < 4.78 is 11.4. The molecule has 0 bridgehead atoms. The molecule has 3 rings (SSSR count). The van der Waals surface area contributed by atoms with Gasteiger partial charge in [-0.25, -0.2) is 0 Å². The van der Waals surface area contributed by atoms with E-state index in [2.05, 4.69) is 59.7 Å². The monoisotopic (exact) mass is 374 g/mol. The predicted octanol–water partition coefficient (Wildman–Crippen LogP) is 2.04. The summed E-state index contributed by atoms with van der Waals surface area (Å²) in [5.41, 5.74) is 1.27. The first-order valence-electron chi connectivity index (χ1n) is 10.3. The summed E-state index contributed by atoms with van der Waals surface area (Å²) in [5, 5.41) is 6.91. The van der Waals surface area contributed by atoms with Crippen LogP contribution in [0.1, 0.15) is 31.9 Å². The smallest absolute Gasteiger partial charge is 0.191 e. The Morgan fingerprint density at radius 3 is 2.70 bits per heavy atom. The quantitative estimate of drug-likeness (QED) is 0.565. The standard InChI is InChI=1S/C21H34N4O2/c1-3-22-21(23-15-17(2)25-10-13-26-14-11-25)24-16-19-9-12-27-20(19)18-7-5-4-6-8-18/h4-8,17,19-20H,3,9-16H2,1-2H3,(H2,22,23,24). The molecular weight excluding hydrogens is 340 g/mol. The average molecular weight is 375 g/mol. The molecule has 150 valence electrons. The Bertz CT molecular complexity index is 575. The van der Waals surface area contributed by atoms with Crippen LogP contribution < -0.4 is 10.6 Å². The molecule has 2 heterocycles. The highest BCUT2D eigenvalue weighted by molar-refractivity contribution is 5.79. The van der Waals surface area contributed by atoms with Crippen LogP contribution in [0.5, 0.6) is 0 Å². The van der Waals surface area contributed by atoms with Crippen molar-refractivity contribution in [2.75, 3.05) is 52.5 Å². The highest BCUT2D eigenvalue weighted by Gasteiger charge is 2.29. The maximum atomic E-state index is 6.00. The SMILES string of the molecule is CCNC(=NCC(C)N1CCOCC1)NCC1CCOC1c1ccccc1. The number of hydrogen-bond acceptors (Lipinski definition) is 4. The first-order chi connectivity index (χ1) is 13.3. The zero-order chi connectivity index (χ0) is 18.9. The summed E-state index contributed by atoms with van der Waals surface area (Å²) in [6, 6.07) is 11.0. The van der Waals surface area contributed by atoms with Crippen molar-refractivity contribution in [1.29, 1.82) is 0 Å². The molecule has 0 aliphatic carbocycles. The van der Waals surface area contributed by atoms with Crippen LogP contribution in [0.2, 0.25) is 0 Å². The minimum absolute atomic E-state index is 0.175. The molecule has 0 saturated carbocycles. The summed E-state index contributed by atoms with van der Waals surface area (Å²) >= 11 is 0. The lowest BCUT2D eigenvalue weighted by molar-refractivity contribution is 0.0220. The van der Waals surface area contributed by atoms with Crippen LogP contribution in [0, 0.1) is 5.92 Å². The summed E-state index contributed by atoms with van der Waals surface area (Å²) in [5.74, 6) is 1.37. The molecule has 6 heteroatoms. The number of nitrogens with one attached hydrogen (secondary N) is 2. The van der Waals surface area contributed by atoms with Crippen molar-refractivity contribution in [1.82, 2.24) is 15.5 Å². The number of ether oxygens (including phenoxy) is 2. The molecular formula is C21H34N4O2. The topological polar surface area (TPSA) is 58.1 Å². The molecule has 1 aromatic carbocycles. The Labute approximate surface area is 163 Å². The second-order valence-electron chi connectivity index (χ2n) is 7.35. The van der Waals surface area contributed by atoms with Crippen molar-refractivity contribution < 1.29 is 9.47 Å². The van der Waals surface area contributed by atoms with Crippen LogP contribution in [0.25, 0.3) is 0 Å². The van der Waals surface area contributed by atoms with Crippen molar-refractivity contribution in [2.24, 2.45) is 10.9 Å². The molecule has 2 aliphatic rings. The first-order valence-corrected chi connectivity index (χ1v) is 10.3. The van der Waals surface area contributed by atoms with Crippen LogP contribution in [0.15, 0.2) is 35.3 Å². The van der Waals surface area contributed by atoms with Gasteiger partial charge in [0.2, 0.25) is 0 Å². The lowest BCUT2D eigenvalue weighted by Crippen LogP contribution is -2.45. The Kier molecular flexibility index (Phi) is 7.93. The van der Waals surface area contributed by atoms with Crippen molar-refractivity contribution in [3.05, 3.63) is 35.9 Å². The molecule has 1 aromatic rings. The lowest BCUT2D eigenvalue weighted by Gasteiger charge is -2.31. The van der Waals surface area contributed by atoms with E-state index in [0.29, 0.717) is 12.0 Å². The molecule has 2 saturated heterocycles. The molecule has 0 amide bonds. The molecule has 3 atom stereocenters. The van der Waals surface area contributed by atoms with Gasteiger partial charge in [0.05, 0.1) is 25.9 Å². The average Bonchev–Trinajstić information content (AvgIpc) is 3.20. The fourth-order valence-corrected chi connectivity index (χ4v) is 3.78. The largest absolute Gasteiger partial charge is 0.379 e. The minimum atomic E-state index is 0.175. The highest BCUT2D eigenvalue weighted by atomic mass is 16.5. The third kappa shape index (κ3) is 5.92. The van der Waals surface area contributed by atoms with Crippen molar-refractivity contribution >= 4 is 5.96 Å². The Hall–Kier alpha value is -1.63. The number of benzene rings is 1. The summed E-state index contributed by atoms with van der Waals surface area (Å²) in [6.45, 7) is 11.4. The zero-order valence-corrected chi connectivity index (χ0v) is 16.7. The van der Waals surface area contributed by atoms with Crippen molar-refractivity contribution in [3.63, 3.8) is 0 Å². The van der Waals surface area contributed by atoms with Gasteiger partial charge in [0.1, 0.15) is 0 Å². The van der Waals surface area contributed by atoms with Crippen molar-refractivity contribution in [2.45, 2.75) is 32.4 Å². The Morgan fingerprint density at radius 1 is 1.19 bits per heavy atom. The van der Waals surface area contributed by atoms with Crippen molar-refractivity contribution in [3.8, 4) is 0 Å². The fourth-order valence-electron chi connectivity index (χ4n) is 3.78. The maximum Gasteiger partial charge on any atom is 0.191 e. The number of nitrogens with zero attached hydrogens (tertiary/aromatic N) is 2. The second-order valence-corrected chi connectivity index (χ2v) is 7.35. The van der Waals surface area contributed by atoms with E-state index in [9.17, 15) is 0 Å². The van der Waals surface area contributed by atoms with E-state index in [1.807, 2.05) is 0 Å². The summed E-state index contributed by atoms with van der Waals surface area (Å²) in [7, 11) is 0. The normalized spacial score (nSPS) is 25.3. The van der Waals surface area contributed by atoms with Gasteiger partial charge in [0, 0.05) is 44.7 Å². The third-order valence-corrected chi connectivity index (χ3v) is 5.40. The van der Waals surface area contributed by atoms with Gasteiger partial charge in [0.25, 0.3) is 0 Å². The summed E-state index contributed by atoms with van der Waals surface area (Å²) in [4.78, 5) is 7.27. The highest BCUT2D eigenvalue weighted by Crippen LogP contribution is 2.33. The minimum Gasteiger partial charge on any atom is -0.379 e. The van der Waals surface area contributed by atoms with E-state index in [4.69, 9.17) is 14.5 Å². The van der Waals surface area contributed by atoms with Crippen LogP contribution in [0.3, 0.4) is 0 Å². The van der Waals surface area contributed by atoms with Crippen LogP contribution in [-0.4, -0.2) is 69.4 Å². The number of morpholine rings is 1. The number of rotatable bonds is 7. The van der Waals surface area contributed by atoms with Crippen LogP contribution >= 0.6 is 0 Å². The van der Waals surface area contributed by atoms with E-state index in [0.717, 1.165) is 64.9 Å². The maximum absolute atomic E-state index is 6.00. The van der Waals surface area contributed by atoms with Gasteiger partial charge in [-0.2, -0.15) is 0 Å². The van der Waals surface area contributed by atoms with Gasteiger partial charge in [-0.1, -0.05) is 30.3 Å². The summed E-state index contributed by atoms with van der Waals surface area (Å²) in [6.07, 6.45) is 1.25. The van der Waals surface area contributed by atoms with Gasteiger partial charge in [-0.15, -0.1) is 0 Å². The molecule has 2 fully saturated rings. The van der Waals surface area contributed by atoms with Crippen LogP contribution in [-0.2, 0) is 9.47 Å². The van der Waals surface area contributed by atoms with E-state index in [-0.39, 0.29) is 6.10 Å². The molecule has 3 unspecified atom stereocenters. The van der Waals surface area contributed by atoms with Gasteiger partial charge < -0.3 is 20.1 Å². The first kappa shape index (κ1) is 20.1. The predicted molar refractivity (Wildman–Crippen MR) is 109 cm³/mol. The lowest BCUT2D eigenvalue weighted by atomic mass is 9.95. The molecule has 2 aliphatic heterocycles. The molecule has 27 heavy (non-hydrogen) atoms. The zero-order valence-electron chi connectivity index (χ0n) is 16.7. The number of hydrogen-bond donors (Lipinski definition) is 2. The molecule has 0 radical (unpaired) electrons. The van der Waals surface area contributed by atoms with Gasteiger partial charge in [-0.3, -0.25) is 9.89 Å². The van der Waals surface area contributed by atoms with E-state index >= 15 is 0 Å². The van der Waals surface area contributed by atoms with Gasteiger partial charge in [-0.05, 0) is 25.8 Å². The third-order valence-electron chi connectivity index (χ3n) is 5.40. The Balaban J connectivity index is 1.52. The van der Waals surface area contributed by atoms with Gasteiger partial charge in [0.15, 0.2) is 5.96 Å². The molecule has 0 aromatic heterocycles. The van der Waals surface area contributed by atoms with Gasteiger partial charge >= 0.3 is 0 Å². The number of guanidine groups is 1. The van der Waals surface area contributed by atoms with E-state index < -0.39 is 0 Å².